The fourth-order valence-corrected chi connectivity index (χ4v) is 1.32. The van der Waals surface area contributed by atoms with E-state index in [1.165, 1.54) is 0 Å². The maximum absolute atomic E-state index is 11.7. The van der Waals surface area contributed by atoms with Crippen LogP contribution in [0.5, 0.6) is 0 Å². The van der Waals surface area contributed by atoms with E-state index in [1.54, 1.807) is 49.0 Å². The van der Waals surface area contributed by atoms with Crippen molar-refractivity contribution in [1.82, 2.24) is 15.8 Å². The molecule has 2 N–H and O–H groups in total. The molecule has 0 aliphatic heterocycles. The Morgan fingerprint density at radius 2 is 2.05 bits per heavy atom. The van der Waals surface area contributed by atoms with Gasteiger partial charge in [0.15, 0.2) is 0 Å². The van der Waals surface area contributed by atoms with Gasteiger partial charge in [0.1, 0.15) is 5.76 Å². The number of aromatic nitrogens is 1. The van der Waals surface area contributed by atoms with Crippen molar-refractivity contribution in [3.05, 3.63) is 72.6 Å². The quantitative estimate of drug-likeness (QED) is 0.634. The molecule has 2 heterocycles. The fourth-order valence-electron chi connectivity index (χ4n) is 1.32. The van der Waals surface area contributed by atoms with Crippen LogP contribution in [0, 0.1) is 0 Å². The maximum Gasteiger partial charge on any atom is 0.269 e. The minimum absolute atomic E-state index is 0.255. The van der Waals surface area contributed by atoms with E-state index in [1.807, 2.05) is 6.07 Å². The summed E-state index contributed by atoms with van der Waals surface area (Å²) >= 11 is 0. The van der Waals surface area contributed by atoms with Crippen molar-refractivity contribution in [1.29, 1.82) is 0 Å². The molecule has 0 radical (unpaired) electrons. The van der Waals surface area contributed by atoms with Crippen LogP contribution in [0.15, 0.2) is 65.7 Å². The summed E-state index contributed by atoms with van der Waals surface area (Å²) in [5.74, 6) is 0.457. The van der Waals surface area contributed by atoms with Gasteiger partial charge >= 0.3 is 0 Å². The molecule has 0 saturated carbocycles. The maximum atomic E-state index is 11.7. The number of furan rings is 1. The minimum Gasteiger partial charge on any atom is -0.465 e. The fraction of sp³-hybridized carbons (Fsp3) is 0. The highest BCUT2D eigenvalue weighted by Gasteiger charge is 2.02. The van der Waals surface area contributed by atoms with E-state index in [-0.39, 0.29) is 5.91 Å². The third kappa shape index (κ3) is 3.85. The normalized spacial score (nSPS) is 10.3. The van der Waals surface area contributed by atoms with Crippen molar-refractivity contribution in [3.63, 3.8) is 0 Å². The molecule has 0 bridgehead atoms. The molecule has 2 rings (SSSR count). The molecule has 0 spiro atoms. The minimum atomic E-state index is -0.255. The monoisotopic (exact) mass is 255 g/mol. The third-order valence-electron chi connectivity index (χ3n) is 2.27. The SMILES string of the molecule is C=C(C=Cc1ccco1)NNC(=O)c1ccncc1. The Balaban J connectivity index is 1.82. The van der Waals surface area contributed by atoms with Gasteiger partial charge in [0.05, 0.1) is 6.26 Å². The molecule has 0 aliphatic carbocycles. The summed E-state index contributed by atoms with van der Waals surface area (Å²) in [6.07, 6.45) is 8.14. The highest BCUT2D eigenvalue weighted by atomic mass is 16.3. The van der Waals surface area contributed by atoms with Gasteiger partial charge in [-0.3, -0.25) is 20.6 Å². The van der Waals surface area contributed by atoms with Crippen molar-refractivity contribution >= 4 is 12.0 Å². The summed E-state index contributed by atoms with van der Waals surface area (Å²) in [5.41, 5.74) is 6.29. The van der Waals surface area contributed by atoms with Crippen molar-refractivity contribution in [2.24, 2.45) is 0 Å². The van der Waals surface area contributed by atoms with Crippen LogP contribution < -0.4 is 10.9 Å². The van der Waals surface area contributed by atoms with E-state index in [4.69, 9.17) is 4.42 Å². The first-order valence-corrected chi connectivity index (χ1v) is 5.62. The molecule has 0 unspecified atom stereocenters. The van der Waals surface area contributed by atoms with E-state index in [9.17, 15) is 4.79 Å². The number of carbonyl (C=O) groups is 1. The predicted octanol–water partition coefficient (Wildman–Crippen LogP) is 2.14. The van der Waals surface area contributed by atoms with Gasteiger partial charge < -0.3 is 4.42 Å². The van der Waals surface area contributed by atoms with Crippen LogP contribution in [0.1, 0.15) is 16.1 Å². The lowest BCUT2D eigenvalue weighted by molar-refractivity contribution is 0.0939. The topological polar surface area (TPSA) is 67.2 Å². The molecule has 1 amide bonds. The molecule has 0 atom stereocenters. The molecule has 0 aromatic carbocycles. The van der Waals surface area contributed by atoms with Crippen molar-refractivity contribution in [3.8, 4) is 0 Å². The summed E-state index contributed by atoms with van der Waals surface area (Å²) in [7, 11) is 0. The van der Waals surface area contributed by atoms with Crippen LogP contribution in [0.25, 0.3) is 6.08 Å². The summed E-state index contributed by atoms with van der Waals surface area (Å²) in [4.78, 5) is 15.5. The summed E-state index contributed by atoms with van der Waals surface area (Å²) < 4.78 is 5.13. The molecule has 5 heteroatoms. The summed E-state index contributed by atoms with van der Waals surface area (Å²) in [6, 6.07) is 6.86. The number of nitrogens with one attached hydrogen (secondary N) is 2. The zero-order valence-corrected chi connectivity index (χ0v) is 10.2. The molecule has 2 aromatic heterocycles. The third-order valence-corrected chi connectivity index (χ3v) is 2.27. The molecule has 0 fully saturated rings. The van der Waals surface area contributed by atoms with Crippen LogP contribution in [0.2, 0.25) is 0 Å². The molecule has 2 aromatic rings. The van der Waals surface area contributed by atoms with Crippen molar-refractivity contribution in [2.45, 2.75) is 0 Å². The standard InChI is InChI=1S/C14H13N3O2/c1-11(4-5-13-3-2-10-19-13)16-17-14(18)12-6-8-15-9-7-12/h2-10,16H,1H2,(H,17,18). The van der Waals surface area contributed by atoms with E-state index < -0.39 is 0 Å². The predicted molar refractivity (Wildman–Crippen MR) is 71.7 cm³/mol. The Hall–Kier alpha value is -2.82. The number of pyridine rings is 1. The number of hydrogen-bond acceptors (Lipinski definition) is 4. The number of rotatable bonds is 5. The molecular formula is C14H13N3O2. The number of hydrogen-bond donors (Lipinski definition) is 2. The Kier molecular flexibility index (Phi) is 4.12. The Morgan fingerprint density at radius 3 is 2.74 bits per heavy atom. The largest absolute Gasteiger partial charge is 0.465 e. The summed E-state index contributed by atoms with van der Waals surface area (Å²) in [5, 5.41) is 0. The van der Waals surface area contributed by atoms with Crippen molar-refractivity contribution < 1.29 is 9.21 Å². The van der Waals surface area contributed by atoms with E-state index in [2.05, 4.69) is 22.4 Å². The number of hydrazine groups is 1. The number of allylic oxidation sites excluding steroid dienone is 1. The zero-order chi connectivity index (χ0) is 13.5. The van der Waals surface area contributed by atoms with Gasteiger partial charge in [0.2, 0.25) is 0 Å². The van der Waals surface area contributed by atoms with Crippen LogP contribution in [0.4, 0.5) is 0 Å². The highest BCUT2D eigenvalue weighted by molar-refractivity contribution is 5.93. The zero-order valence-electron chi connectivity index (χ0n) is 10.2. The first kappa shape index (κ1) is 12.6. The average Bonchev–Trinajstić information content (AvgIpc) is 2.96. The van der Waals surface area contributed by atoms with Crippen LogP contribution >= 0.6 is 0 Å². The average molecular weight is 255 g/mol. The number of nitrogens with zero attached hydrogens (tertiary/aromatic N) is 1. The molecule has 96 valence electrons. The van der Waals surface area contributed by atoms with Gasteiger partial charge in [-0.15, -0.1) is 0 Å². The van der Waals surface area contributed by atoms with Gasteiger partial charge in [-0.25, -0.2) is 0 Å². The lowest BCUT2D eigenvalue weighted by Gasteiger charge is -2.07. The molecule has 0 aliphatic rings. The second-order valence-electron chi connectivity index (χ2n) is 3.69. The van der Waals surface area contributed by atoms with E-state index in [0.29, 0.717) is 17.0 Å². The second-order valence-corrected chi connectivity index (χ2v) is 3.69. The van der Waals surface area contributed by atoms with Gasteiger partial charge in [0.25, 0.3) is 5.91 Å². The van der Waals surface area contributed by atoms with Gasteiger partial charge in [0, 0.05) is 23.7 Å². The van der Waals surface area contributed by atoms with Gasteiger partial charge in [-0.1, -0.05) is 6.58 Å². The summed E-state index contributed by atoms with van der Waals surface area (Å²) in [6.45, 7) is 3.75. The van der Waals surface area contributed by atoms with E-state index >= 15 is 0 Å². The number of carbonyl (C=O) groups excluding carboxylic acids is 1. The van der Waals surface area contributed by atoms with Crippen LogP contribution in [0.3, 0.4) is 0 Å². The van der Waals surface area contributed by atoms with Crippen LogP contribution in [-0.4, -0.2) is 10.9 Å². The Morgan fingerprint density at radius 1 is 1.26 bits per heavy atom. The highest BCUT2D eigenvalue weighted by Crippen LogP contribution is 2.03. The number of amides is 1. The first-order chi connectivity index (χ1) is 9.25. The van der Waals surface area contributed by atoms with Gasteiger partial charge in [-0.2, -0.15) is 0 Å². The van der Waals surface area contributed by atoms with Crippen LogP contribution in [-0.2, 0) is 0 Å². The second kappa shape index (κ2) is 6.20. The smallest absolute Gasteiger partial charge is 0.269 e. The van der Waals surface area contributed by atoms with Gasteiger partial charge in [-0.05, 0) is 36.4 Å². The van der Waals surface area contributed by atoms with Crippen molar-refractivity contribution in [2.75, 3.05) is 0 Å². The first-order valence-electron chi connectivity index (χ1n) is 5.62. The molecule has 0 saturated heterocycles. The van der Waals surface area contributed by atoms with E-state index in [0.717, 1.165) is 0 Å². The molecule has 5 nitrogen and oxygen atoms in total. The molecule has 19 heavy (non-hydrogen) atoms. The lowest BCUT2D eigenvalue weighted by atomic mass is 10.2. The Labute approximate surface area is 110 Å². The molecular weight excluding hydrogens is 242 g/mol. The lowest BCUT2D eigenvalue weighted by Crippen LogP contribution is -2.35. The Bertz CT molecular complexity index is 574.